The van der Waals surface area contributed by atoms with E-state index in [9.17, 15) is 17.6 Å². The lowest BCUT2D eigenvalue weighted by atomic mass is 10.2. The molecular weight excluding hydrogens is 342 g/mol. The molecule has 0 amide bonds. The second kappa shape index (κ2) is 5.32. The quantitative estimate of drug-likeness (QED) is 0.612. The smallest absolute Gasteiger partial charge is 0.416 e. The molecule has 0 unspecified atom stereocenters. The first-order valence-electron chi connectivity index (χ1n) is 5.36. The van der Waals surface area contributed by atoms with Crippen LogP contribution in [0.15, 0.2) is 40.9 Å². The number of hydrogen-bond acceptors (Lipinski definition) is 2. The zero-order valence-electron chi connectivity index (χ0n) is 9.84. The van der Waals surface area contributed by atoms with Gasteiger partial charge in [0.05, 0.1) is 10.0 Å². The van der Waals surface area contributed by atoms with Crippen molar-refractivity contribution >= 4 is 21.6 Å². The number of benzene rings is 2. The zero-order valence-corrected chi connectivity index (χ0v) is 11.4. The molecule has 2 N–H and O–H groups in total. The van der Waals surface area contributed by atoms with Crippen LogP contribution in [0.2, 0.25) is 0 Å². The first-order valence-corrected chi connectivity index (χ1v) is 6.15. The van der Waals surface area contributed by atoms with Crippen LogP contribution in [0.3, 0.4) is 0 Å². The summed E-state index contributed by atoms with van der Waals surface area (Å²) in [5.41, 5.74) is 4.43. The van der Waals surface area contributed by atoms with Crippen molar-refractivity contribution in [2.45, 2.75) is 6.18 Å². The van der Waals surface area contributed by atoms with Crippen LogP contribution in [0.5, 0.6) is 11.5 Å². The highest BCUT2D eigenvalue weighted by molar-refractivity contribution is 9.10. The van der Waals surface area contributed by atoms with Crippen LogP contribution in [-0.4, -0.2) is 0 Å². The Morgan fingerprint density at radius 2 is 1.70 bits per heavy atom. The standard InChI is InChI=1S/C13H8BrF4NO/c14-11-6-9(1-2-12(11)15)20-10-4-7(13(16,17)18)3-8(19)5-10/h1-6H,19H2. The van der Waals surface area contributed by atoms with Crippen molar-refractivity contribution in [2.24, 2.45) is 0 Å². The monoisotopic (exact) mass is 349 g/mol. The van der Waals surface area contributed by atoms with Crippen LogP contribution in [0.25, 0.3) is 0 Å². The van der Waals surface area contributed by atoms with E-state index in [1.165, 1.54) is 18.2 Å². The van der Waals surface area contributed by atoms with Gasteiger partial charge in [0.1, 0.15) is 17.3 Å². The molecule has 2 nitrogen and oxygen atoms in total. The van der Waals surface area contributed by atoms with E-state index in [1.807, 2.05) is 0 Å². The fraction of sp³-hybridized carbons (Fsp3) is 0.0769. The van der Waals surface area contributed by atoms with Crippen LogP contribution in [0.4, 0.5) is 23.2 Å². The maximum absolute atomic E-state index is 13.1. The molecule has 0 radical (unpaired) electrons. The molecule has 0 aromatic heterocycles. The van der Waals surface area contributed by atoms with E-state index in [1.54, 1.807) is 0 Å². The van der Waals surface area contributed by atoms with Crippen LogP contribution in [0.1, 0.15) is 5.56 Å². The van der Waals surface area contributed by atoms with Crippen LogP contribution in [0, 0.1) is 5.82 Å². The number of hydrogen-bond donors (Lipinski definition) is 1. The lowest BCUT2D eigenvalue weighted by Crippen LogP contribution is -2.06. The van der Waals surface area contributed by atoms with Gasteiger partial charge in [-0.05, 0) is 46.3 Å². The van der Waals surface area contributed by atoms with Crippen molar-refractivity contribution in [1.82, 2.24) is 0 Å². The third kappa shape index (κ3) is 3.41. The molecule has 0 heterocycles. The maximum atomic E-state index is 13.1. The minimum absolute atomic E-state index is 0.0731. The van der Waals surface area contributed by atoms with Gasteiger partial charge in [0.2, 0.25) is 0 Å². The average molecular weight is 350 g/mol. The van der Waals surface area contributed by atoms with Gasteiger partial charge < -0.3 is 10.5 Å². The van der Waals surface area contributed by atoms with Crippen LogP contribution in [-0.2, 0) is 6.18 Å². The summed E-state index contributed by atoms with van der Waals surface area (Å²) in [6.45, 7) is 0. The fourth-order valence-electron chi connectivity index (χ4n) is 1.52. The van der Waals surface area contributed by atoms with Gasteiger partial charge in [-0.25, -0.2) is 4.39 Å². The van der Waals surface area contributed by atoms with Gasteiger partial charge in [0, 0.05) is 11.8 Å². The van der Waals surface area contributed by atoms with E-state index in [0.717, 1.165) is 18.2 Å². The van der Waals surface area contributed by atoms with Crippen molar-refractivity contribution in [3.8, 4) is 11.5 Å². The summed E-state index contributed by atoms with van der Waals surface area (Å²) < 4.78 is 56.4. The van der Waals surface area contributed by atoms with Crippen molar-refractivity contribution in [3.63, 3.8) is 0 Å². The molecule has 0 aliphatic heterocycles. The van der Waals surface area contributed by atoms with E-state index >= 15 is 0 Å². The Morgan fingerprint density at radius 1 is 1.00 bits per heavy atom. The Labute approximate surface area is 120 Å². The fourth-order valence-corrected chi connectivity index (χ4v) is 1.88. The normalized spacial score (nSPS) is 11.4. The molecule has 2 rings (SSSR count). The number of alkyl halides is 3. The predicted molar refractivity (Wildman–Crippen MR) is 70.0 cm³/mol. The SMILES string of the molecule is Nc1cc(Oc2ccc(F)c(Br)c2)cc(C(F)(F)F)c1. The van der Waals surface area contributed by atoms with Gasteiger partial charge in [-0.3, -0.25) is 0 Å². The second-order valence-corrected chi connectivity index (χ2v) is 4.82. The molecule has 0 atom stereocenters. The minimum atomic E-state index is -4.52. The molecule has 20 heavy (non-hydrogen) atoms. The van der Waals surface area contributed by atoms with Crippen molar-refractivity contribution < 1.29 is 22.3 Å². The average Bonchev–Trinajstić information content (AvgIpc) is 2.32. The third-order valence-corrected chi connectivity index (χ3v) is 2.99. The zero-order chi connectivity index (χ0) is 14.9. The first kappa shape index (κ1) is 14.6. The lowest BCUT2D eigenvalue weighted by Gasteiger charge is -2.11. The Hall–Kier alpha value is -1.76. The molecule has 0 fully saturated rings. The molecule has 0 bridgehead atoms. The summed E-state index contributed by atoms with van der Waals surface area (Å²) in [6, 6.07) is 6.65. The van der Waals surface area contributed by atoms with E-state index in [-0.39, 0.29) is 21.7 Å². The molecule has 106 valence electrons. The summed E-state index contributed by atoms with van der Waals surface area (Å²) >= 11 is 2.96. The number of anilines is 1. The summed E-state index contributed by atoms with van der Waals surface area (Å²) in [4.78, 5) is 0. The molecule has 0 aliphatic carbocycles. The van der Waals surface area contributed by atoms with Crippen molar-refractivity contribution in [3.05, 3.63) is 52.3 Å². The summed E-state index contributed by atoms with van der Waals surface area (Å²) in [5.74, 6) is -0.381. The van der Waals surface area contributed by atoms with E-state index < -0.39 is 17.6 Å². The Balaban J connectivity index is 2.33. The number of nitrogens with two attached hydrogens (primary N) is 1. The molecule has 2 aromatic carbocycles. The minimum Gasteiger partial charge on any atom is -0.457 e. The van der Waals surface area contributed by atoms with Crippen LogP contribution >= 0.6 is 15.9 Å². The number of ether oxygens (including phenoxy) is 1. The highest BCUT2D eigenvalue weighted by Gasteiger charge is 2.31. The Morgan fingerprint density at radius 3 is 2.30 bits per heavy atom. The summed E-state index contributed by atoms with van der Waals surface area (Å²) in [7, 11) is 0. The first-order chi connectivity index (χ1) is 9.25. The molecule has 0 saturated heterocycles. The number of nitrogen functional groups attached to an aromatic ring is 1. The van der Waals surface area contributed by atoms with Crippen molar-refractivity contribution in [1.29, 1.82) is 0 Å². The van der Waals surface area contributed by atoms with E-state index in [2.05, 4.69) is 15.9 Å². The predicted octanol–water partition coefficient (Wildman–Crippen LogP) is 4.98. The molecule has 0 spiro atoms. The third-order valence-electron chi connectivity index (χ3n) is 2.38. The maximum Gasteiger partial charge on any atom is 0.416 e. The van der Waals surface area contributed by atoms with Gasteiger partial charge in [-0.2, -0.15) is 13.2 Å². The number of halogens is 5. The van der Waals surface area contributed by atoms with E-state index in [4.69, 9.17) is 10.5 Å². The van der Waals surface area contributed by atoms with Gasteiger partial charge in [-0.15, -0.1) is 0 Å². The topological polar surface area (TPSA) is 35.2 Å². The molecular formula is C13H8BrF4NO. The largest absolute Gasteiger partial charge is 0.457 e. The highest BCUT2D eigenvalue weighted by Crippen LogP contribution is 2.35. The lowest BCUT2D eigenvalue weighted by molar-refractivity contribution is -0.137. The highest BCUT2D eigenvalue weighted by atomic mass is 79.9. The molecule has 7 heteroatoms. The Kier molecular flexibility index (Phi) is 3.89. The molecule has 0 aliphatic rings. The number of rotatable bonds is 2. The summed E-state index contributed by atoms with van der Waals surface area (Å²) in [6.07, 6.45) is -4.52. The molecule has 0 saturated carbocycles. The van der Waals surface area contributed by atoms with Gasteiger partial charge >= 0.3 is 6.18 Å². The Bertz CT molecular complexity index is 643. The van der Waals surface area contributed by atoms with E-state index in [0.29, 0.717) is 0 Å². The second-order valence-electron chi connectivity index (χ2n) is 3.97. The van der Waals surface area contributed by atoms with Crippen LogP contribution < -0.4 is 10.5 Å². The summed E-state index contributed by atoms with van der Waals surface area (Å²) in [5, 5.41) is 0. The van der Waals surface area contributed by atoms with Gasteiger partial charge in [0.15, 0.2) is 0 Å². The van der Waals surface area contributed by atoms with Crippen molar-refractivity contribution in [2.75, 3.05) is 5.73 Å². The molecule has 2 aromatic rings. The van der Waals surface area contributed by atoms with Gasteiger partial charge in [-0.1, -0.05) is 0 Å². The van der Waals surface area contributed by atoms with Gasteiger partial charge in [0.25, 0.3) is 0 Å².